The van der Waals surface area contributed by atoms with Crippen LogP contribution in [0, 0.1) is 6.92 Å². The summed E-state index contributed by atoms with van der Waals surface area (Å²) in [6.45, 7) is 10.8. The summed E-state index contributed by atoms with van der Waals surface area (Å²) in [7, 11) is 0. The second kappa shape index (κ2) is 14.0. The number of ether oxygens (including phenoxy) is 2. The quantitative estimate of drug-likeness (QED) is 0.447. The number of hydrogen-bond donors (Lipinski definition) is 0. The van der Waals surface area contributed by atoms with Crippen molar-refractivity contribution in [3.05, 3.63) is 6.92 Å². The van der Waals surface area contributed by atoms with Gasteiger partial charge in [-0.1, -0.05) is 39.5 Å². The Labute approximate surface area is 108 Å². The Kier molecular flexibility index (Phi) is 13.9. The molecule has 1 atom stereocenters. The van der Waals surface area contributed by atoms with Crippen LogP contribution in [0.3, 0.4) is 0 Å². The molecule has 0 aliphatic rings. The van der Waals surface area contributed by atoms with Crippen LogP contribution in [0.25, 0.3) is 0 Å². The maximum atomic E-state index is 5.73. The third kappa shape index (κ3) is 12.2. The first-order chi connectivity index (χ1) is 8.35. The Morgan fingerprint density at radius 1 is 0.941 bits per heavy atom. The van der Waals surface area contributed by atoms with Gasteiger partial charge in [0, 0.05) is 19.8 Å². The summed E-state index contributed by atoms with van der Waals surface area (Å²) >= 11 is 0. The molecule has 0 fully saturated rings. The van der Waals surface area contributed by atoms with E-state index in [2.05, 4.69) is 20.8 Å². The fraction of sp³-hybridized carbons (Fsp3) is 0.933. The molecule has 0 aliphatic heterocycles. The van der Waals surface area contributed by atoms with Crippen LogP contribution in [0.2, 0.25) is 0 Å². The molecule has 17 heavy (non-hydrogen) atoms. The van der Waals surface area contributed by atoms with Crippen molar-refractivity contribution in [2.45, 2.75) is 71.3 Å². The molecule has 1 radical (unpaired) electrons. The van der Waals surface area contributed by atoms with Gasteiger partial charge in [0.05, 0.1) is 6.10 Å². The Morgan fingerprint density at radius 2 is 1.71 bits per heavy atom. The smallest absolute Gasteiger partial charge is 0.0575 e. The molecule has 0 saturated heterocycles. The van der Waals surface area contributed by atoms with E-state index in [1.165, 1.54) is 38.5 Å². The minimum Gasteiger partial charge on any atom is -0.381 e. The monoisotopic (exact) mass is 243 g/mol. The van der Waals surface area contributed by atoms with Gasteiger partial charge in [-0.3, -0.25) is 0 Å². The van der Waals surface area contributed by atoms with Crippen molar-refractivity contribution in [3.63, 3.8) is 0 Å². The molecular weight excluding hydrogens is 212 g/mol. The summed E-state index contributed by atoms with van der Waals surface area (Å²) in [5.74, 6) is 0. The van der Waals surface area contributed by atoms with Gasteiger partial charge in [-0.05, 0) is 32.6 Å². The summed E-state index contributed by atoms with van der Waals surface area (Å²) in [4.78, 5) is 0. The molecule has 1 unspecified atom stereocenters. The van der Waals surface area contributed by atoms with Crippen LogP contribution in [0.1, 0.15) is 65.2 Å². The second-order valence-corrected chi connectivity index (χ2v) is 4.53. The highest BCUT2D eigenvalue weighted by atomic mass is 16.5. The molecule has 0 N–H and O–H groups in total. The maximum Gasteiger partial charge on any atom is 0.0575 e. The third-order valence-electron chi connectivity index (χ3n) is 2.84. The molecule has 0 spiro atoms. The molecule has 0 aromatic carbocycles. The first-order valence-electron chi connectivity index (χ1n) is 7.33. The van der Waals surface area contributed by atoms with Crippen LogP contribution in [0.5, 0.6) is 0 Å². The summed E-state index contributed by atoms with van der Waals surface area (Å²) in [6.07, 6.45) is 9.86. The molecule has 103 valence electrons. The minimum atomic E-state index is 0.457. The van der Waals surface area contributed by atoms with E-state index in [-0.39, 0.29) is 0 Å². The number of rotatable bonds is 13. The van der Waals surface area contributed by atoms with Crippen LogP contribution < -0.4 is 0 Å². The molecule has 0 saturated carbocycles. The summed E-state index contributed by atoms with van der Waals surface area (Å²) < 4.78 is 11.2. The van der Waals surface area contributed by atoms with Crippen molar-refractivity contribution < 1.29 is 9.47 Å². The van der Waals surface area contributed by atoms with Gasteiger partial charge in [0.15, 0.2) is 0 Å². The standard InChI is InChI=1S/C15H31O2/c1-4-7-11-15(17-6-3)12-9-8-10-14-16-13-5-2/h15H,1,4-14H2,2-3H3. The lowest BCUT2D eigenvalue weighted by molar-refractivity contribution is 0.0469. The molecule has 0 rings (SSSR count). The molecule has 0 amide bonds. The fourth-order valence-corrected chi connectivity index (χ4v) is 1.92. The van der Waals surface area contributed by atoms with Gasteiger partial charge in [-0.25, -0.2) is 0 Å². The maximum absolute atomic E-state index is 5.73. The third-order valence-corrected chi connectivity index (χ3v) is 2.84. The van der Waals surface area contributed by atoms with Crippen molar-refractivity contribution in [2.24, 2.45) is 0 Å². The molecule has 2 nitrogen and oxygen atoms in total. The highest BCUT2D eigenvalue weighted by Crippen LogP contribution is 2.13. The van der Waals surface area contributed by atoms with Crippen LogP contribution in [0.15, 0.2) is 0 Å². The van der Waals surface area contributed by atoms with Gasteiger partial charge in [0.1, 0.15) is 0 Å². The van der Waals surface area contributed by atoms with Crippen LogP contribution in [0.4, 0.5) is 0 Å². The van der Waals surface area contributed by atoms with E-state index >= 15 is 0 Å². The number of unbranched alkanes of at least 4 members (excludes halogenated alkanes) is 3. The van der Waals surface area contributed by atoms with Crippen LogP contribution in [-0.4, -0.2) is 25.9 Å². The molecular formula is C15H31O2. The fourth-order valence-electron chi connectivity index (χ4n) is 1.92. The van der Waals surface area contributed by atoms with Gasteiger partial charge in [-0.15, -0.1) is 0 Å². The molecule has 0 aliphatic carbocycles. The summed E-state index contributed by atoms with van der Waals surface area (Å²) in [5.41, 5.74) is 0. The van der Waals surface area contributed by atoms with E-state index in [9.17, 15) is 0 Å². The van der Waals surface area contributed by atoms with Gasteiger partial charge < -0.3 is 9.47 Å². The van der Waals surface area contributed by atoms with E-state index in [0.29, 0.717) is 6.10 Å². The molecule has 2 heteroatoms. The van der Waals surface area contributed by atoms with E-state index in [0.717, 1.165) is 32.7 Å². The highest BCUT2D eigenvalue weighted by Gasteiger charge is 2.07. The summed E-state index contributed by atoms with van der Waals surface area (Å²) in [5, 5.41) is 0. The Morgan fingerprint density at radius 3 is 2.35 bits per heavy atom. The molecule has 0 aromatic rings. The van der Waals surface area contributed by atoms with Crippen molar-refractivity contribution in [1.82, 2.24) is 0 Å². The van der Waals surface area contributed by atoms with E-state index < -0.39 is 0 Å². The SMILES string of the molecule is [CH2]CCCC(CCCCCOCCC)OCC. The van der Waals surface area contributed by atoms with E-state index in [1.54, 1.807) is 0 Å². The van der Waals surface area contributed by atoms with Crippen LogP contribution >= 0.6 is 0 Å². The lowest BCUT2D eigenvalue weighted by Crippen LogP contribution is -2.12. The van der Waals surface area contributed by atoms with Crippen molar-refractivity contribution in [3.8, 4) is 0 Å². The van der Waals surface area contributed by atoms with Gasteiger partial charge >= 0.3 is 0 Å². The second-order valence-electron chi connectivity index (χ2n) is 4.53. The normalized spacial score (nSPS) is 12.9. The van der Waals surface area contributed by atoms with Gasteiger partial charge in [0.25, 0.3) is 0 Å². The molecule has 0 bridgehead atoms. The molecule has 0 heterocycles. The Hall–Kier alpha value is -0.0800. The average molecular weight is 243 g/mol. The first-order valence-corrected chi connectivity index (χ1v) is 7.33. The summed E-state index contributed by atoms with van der Waals surface area (Å²) in [6, 6.07) is 0. The zero-order valence-electron chi connectivity index (χ0n) is 11.9. The topological polar surface area (TPSA) is 18.5 Å². The van der Waals surface area contributed by atoms with Gasteiger partial charge in [0.2, 0.25) is 0 Å². The lowest BCUT2D eigenvalue weighted by atomic mass is 10.1. The Bertz CT molecular complexity index is 137. The van der Waals surface area contributed by atoms with E-state index in [4.69, 9.17) is 9.47 Å². The van der Waals surface area contributed by atoms with Crippen molar-refractivity contribution in [2.75, 3.05) is 19.8 Å². The minimum absolute atomic E-state index is 0.457. The number of hydrogen-bond acceptors (Lipinski definition) is 2. The predicted molar refractivity (Wildman–Crippen MR) is 74.2 cm³/mol. The van der Waals surface area contributed by atoms with Crippen molar-refractivity contribution in [1.29, 1.82) is 0 Å². The average Bonchev–Trinajstić information content (AvgIpc) is 2.34. The van der Waals surface area contributed by atoms with Crippen LogP contribution in [-0.2, 0) is 9.47 Å². The zero-order chi connectivity index (χ0) is 12.8. The Balaban J connectivity index is 3.34. The molecule has 0 aromatic heterocycles. The predicted octanol–water partition coefficient (Wildman–Crippen LogP) is 4.38. The highest BCUT2D eigenvalue weighted by molar-refractivity contribution is 4.59. The lowest BCUT2D eigenvalue weighted by Gasteiger charge is -2.16. The van der Waals surface area contributed by atoms with Crippen molar-refractivity contribution >= 4 is 0 Å². The zero-order valence-corrected chi connectivity index (χ0v) is 11.9. The van der Waals surface area contributed by atoms with E-state index in [1.807, 2.05) is 0 Å². The van der Waals surface area contributed by atoms with Gasteiger partial charge in [-0.2, -0.15) is 0 Å². The largest absolute Gasteiger partial charge is 0.381 e. The first kappa shape index (κ1) is 16.9.